The summed E-state index contributed by atoms with van der Waals surface area (Å²) < 4.78 is 5.28. The van der Waals surface area contributed by atoms with Crippen LogP contribution in [0.5, 0.6) is 5.75 Å². The van der Waals surface area contributed by atoms with Crippen molar-refractivity contribution in [1.82, 2.24) is 10.3 Å². The normalized spacial score (nSPS) is 14.5. The van der Waals surface area contributed by atoms with E-state index < -0.39 is 0 Å². The zero-order chi connectivity index (χ0) is 22.2. The van der Waals surface area contributed by atoms with Crippen molar-refractivity contribution in [2.24, 2.45) is 5.10 Å². The van der Waals surface area contributed by atoms with E-state index in [2.05, 4.69) is 50.7 Å². The third-order valence-corrected chi connectivity index (χ3v) is 5.62. The number of ether oxygens (including phenoxy) is 1. The maximum absolute atomic E-state index is 12.4. The van der Waals surface area contributed by atoms with Gasteiger partial charge in [-0.2, -0.15) is 5.10 Å². The summed E-state index contributed by atoms with van der Waals surface area (Å²) in [6.07, 6.45) is 1.58. The monoisotopic (exact) mass is 428 g/mol. The summed E-state index contributed by atoms with van der Waals surface area (Å²) in [5.41, 5.74) is 6.45. The number of carbonyl (C=O) groups is 1. The molecule has 6 nitrogen and oxygen atoms in total. The van der Waals surface area contributed by atoms with Crippen LogP contribution in [0.1, 0.15) is 21.5 Å². The first-order valence-corrected chi connectivity index (χ1v) is 10.8. The Balaban J connectivity index is 1.27. The highest BCUT2D eigenvalue weighted by atomic mass is 16.5. The summed E-state index contributed by atoms with van der Waals surface area (Å²) in [5, 5.41) is 4.06. The second kappa shape index (κ2) is 10.6. The van der Waals surface area contributed by atoms with Crippen molar-refractivity contribution < 1.29 is 9.53 Å². The fourth-order valence-electron chi connectivity index (χ4n) is 3.82. The second-order valence-electron chi connectivity index (χ2n) is 7.74. The average Bonchev–Trinajstić information content (AvgIpc) is 2.86. The number of piperazine rings is 1. The van der Waals surface area contributed by atoms with E-state index in [0.29, 0.717) is 11.3 Å². The lowest BCUT2D eigenvalue weighted by molar-refractivity contribution is 0.0955. The number of nitrogens with one attached hydrogen (secondary N) is 1. The van der Waals surface area contributed by atoms with Crippen molar-refractivity contribution in [3.8, 4) is 5.75 Å². The molecule has 3 aromatic carbocycles. The zero-order valence-electron chi connectivity index (χ0n) is 18.3. The van der Waals surface area contributed by atoms with E-state index in [1.54, 1.807) is 13.3 Å². The quantitative estimate of drug-likeness (QED) is 0.460. The molecule has 1 aliphatic rings. The Bertz CT molecular complexity index is 1040. The molecule has 0 atom stereocenters. The highest BCUT2D eigenvalue weighted by Gasteiger charge is 2.17. The van der Waals surface area contributed by atoms with Gasteiger partial charge < -0.3 is 9.64 Å². The van der Waals surface area contributed by atoms with Crippen LogP contribution >= 0.6 is 0 Å². The van der Waals surface area contributed by atoms with E-state index in [4.69, 9.17) is 4.74 Å². The molecule has 1 heterocycles. The number of para-hydroxylation sites is 2. The lowest BCUT2D eigenvalue weighted by atomic mass is 10.1. The SMILES string of the molecule is COc1ccccc1/C=N\NC(=O)c1ccc(CN2CCN(c3ccccc3)CC2)cc1. The maximum atomic E-state index is 12.4. The number of nitrogens with zero attached hydrogens (tertiary/aromatic N) is 3. The van der Waals surface area contributed by atoms with Crippen molar-refractivity contribution >= 4 is 17.8 Å². The molecule has 3 aromatic rings. The van der Waals surface area contributed by atoms with Crippen molar-refractivity contribution in [3.63, 3.8) is 0 Å². The van der Waals surface area contributed by atoms with E-state index >= 15 is 0 Å². The highest BCUT2D eigenvalue weighted by molar-refractivity contribution is 5.95. The fourth-order valence-corrected chi connectivity index (χ4v) is 3.82. The number of methoxy groups -OCH3 is 1. The Hall–Kier alpha value is -3.64. The smallest absolute Gasteiger partial charge is 0.271 e. The highest BCUT2D eigenvalue weighted by Crippen LogP contribution is 2.17. The van der Waals surface area contributed by atoms with Gasteiger partial charge in [0.15, 0.2) is 0 Å². The van der Waals surface area contributed by atoms with Crippen LogP contribution in [-0.2, 0) is 6.54 Å². The lowest BCUT2D eigenvalue weighted by Gasteiger charge is -2.36. The van der Waals surface area contributed by atoms with Crippen LogP contribution in [0.3, 0.4) is 0 Å². The lowest BCUT2D eigenvalue weighted by Crippen LogP contribution is -2.45. The Kier molecular flexibility index (Phi) is 7.15. The topological polar surface area (TPSA) is 57.2 Å². The Morgan fingerprint density at radius 3 is 2.34 bits per heavy atom. The van der Waals surface area contributed by atoms with Crippen molar-refractivity contribution in [2.45, 2.75) is 6.54 Å². The van der Waals surface area contributed by atoms with Gasteiger partial charge in [0, 0.05) is 49.5 Å². The molecule has 1 fully saturated rings. The molecule has 164 valence electrons. The number of rotatable bonds is 7. The van der Waals surface area contributed by atoms with Crippen molar-refractivity contribution in [3.05, 3.63) is 95.6 Å². The van der Waals surface area contributed by atoms with Gasteiger partial charge in [-0.05, 0) is 42.0 Å². The van der Waals surface area contributed by atoms with Gasteiger partial charge in [-0.3, -0.25) is 9.69 Å². The van der Waals surface area contributed by atoms with Crippen LogP contribution in [0, 0.1) is 0 Å². The van der Waals surface area contributed by atoms with Crippen LogP contribution in [0.2, 0.25) is 0 Å². The van der Waals surface area contributed by atoms with E-state index in [1.807, 2.05) is 48.5 Å². The first kappa shape index (κ1) is 21.6. The minimum absolute atomic E-state index is 0.237. The Morgan fingerprint density at radius 1 is 0.938 bits per heavy atom. The second-order valence-corrected chi connectivity index (χ2v) is 7.74. The van der Waals surface area contributed by atoms with Gasteiger partial charge in [-0.25, -0.2) is 5.43 Å². The summed E-state index contributed by atoms with van der Waals surface area (Å²) in [6.45, 7) is 4.98. The number of benzene rings is 3. The van der Waals surface area contributed by atoms with Gasteiger partial charge in [0.25, 0.3) is 5.91 Å². The molecule has 0 aliphatic carbocycles. The van der Waals surface area contributed by atoms with Crippen molar-refractivity contribution in [1.29, 1.82) is 0 Å². The maximum Gasteiger partial charge on any atom is 0.271 e. The first-order valence-electron chi connectivity index (χ1n) is 10.8. The standard InChI is InChI=1S/C26H28N4O2/c1-32-25-10-6-5-7-23(25)19-27-28-26(31)22-13-11-21(12-14-22)20-29-15-17-30(18-16-29)24-8-3-2-4-9-24/h2-14,19H,15-18,20H2,1H3,(H,28,31)/b27-19-. The average molecular weight is 429 g/mol. The van der Waals surface area contributed by atoms with Crippen LogP contribution in [0.25, 0.3) is 0 Å². The summed E-state index contributed by atoms with van der Waals surface area (Å²) in [4.78, 5) is 17.3. The Labute approximate surface area is 189 Å². The molecular formula is C26H28N4O2. The molecule has 1 saturated heterocycles. The molecule has 1 amide bonds. The largest absolute Gasteiger partial charge is 0.496 e. The van der Waals surface area contributed by atoms with E-state index in [0.717, 1.165) is 38.3 Å². The number of hydrogen-bond acceptors (Lipinski definition) is 5. The molecule has 0 saturated carbocycles. The molecule has 0 bridgehead atoms. The molecule has 32 heavy (non-hydrogen) atoms. The van der Waals surface area contributed by atoms with Gasteiger partial charge >= 0.3 is 0 Å². The van der Waals surface area contributed by atoms with Gasteiger partial charge in [0.2, 0.25) is 0 Å². The first-order chi connectivity index (χ1) is 15.7. The van der Waals surface area contributed by atoms with E-state index in [-0.39, 0.29) is 5.91 Å². The van der Waals surface area contributed by atoms with Gasteiger partial charge in [0.1, 0.15) is 5.75 Å². The molecule has 6 heteroatoms. The number of hydrogen-bond donors (Lipinski definition) is 1. The van der Waals surface area contributed by atoms with E-state index in [1.165, 1.54) is 11.3 Å². The molecule has 0 spiro atoms. The summed E-state index contributed by atoms with van der Waals surface area (Å²) >= 11 is 0. The molecule has 0 radical (unpaired) electrons. The minimum atomic E-state index is -0.237. The molecule has 0 aromatic heterocycles. The predicted octanol–water partition coefficient (Wildman–Crippen LogP) is 3.78. The predicted molar refractivity (Wildman–Crippen MR) is 128 cm³/mol. The molecule has 1 N–H and O–H groups in total. The van der Waals surface area contributed by atoms with Crippen molar-refractivity contribution in [2.75, 3.05) is 38.2 Å². The third kappa shape index (κ3) is 5.53. The Morgan fingerprint density at radius 2 is 1.62 bits per heavy atom. The summed E-state index contributed by atoms with van der Waals surface area (Å²) in [6, 6.07) is 25.8. The molecule has 4 rings (SSSR count). The molecular weight excluding hydrogens is 400 g/mol. The van der Waals surface area contributed by atoms with Crippen LogP contribution in [0.4, 0.5) is 5.69 Å². The van der Waals surface area contributed by atoms with Crippen LogP contribution < -0.4 is 15.1 Å². The van der Waals surface area contributed by atoms with Gasteiger partial charge in [-0.1, -0.05) is 42.5 Å². The summed E-state index contributed by atoms with van der Waals surface area (Å²) in [7, 11) is 1.61. The minimum Gasteiger partial charge on any atom is -0.496 e. The number of hydrazone groups is 1. The van der Waals surface area contributed by atoms with E-state index in [9.17, 15) is 4.79 Å². The number of anilines is 1. The molecule has 1 aliphatic heterocycles. The van der Waals surface area contributed by atoms with Gasteiger partial charge in [0.05, 0.1) is 13.3 Å². The zero-order valence-corrected chi connectivity index (χ0v) is 18.3. The molecule has 0 unspecified atom stereocenters. The summed E-state index contributed by atoms with van der Waals surface area (Å²) in [5.74, 6) is 0.471. The van der Waals surface area contributed by atoms with Crippen LogP contribution in [-0.4, -0.2) is 50.3 Å². The third-order valence-electron chi connectivity index (χ3n) is 5.62. The number of amides is 1. The number of carbonyl (C=O) groups excluding carboxylic acids is 1. The fraction of sp³-hybridized carbons (Fsp3) is 0.231. The van der Waals surface area contributed by atoms with Gasteiger partial charge in [-0.15, -0.1) is 0 Å². The van der Waals surface area contributed by atoms with Crippen LogP contribution in [0.15, 0.2) is 84.0 Å².